The number of imidazole rings is 1. The molecule has 0 saturated carbocycles. The van der Waals surface area contributed by atoms with Crippen molar-refractivity contribution in [3.8, 4) is 0 Å². The lowest BCUT2D eigenvalue weighted by atomic mass is 10.2. The maximum absolute atomic E-state index is 11.9. The molecule has 1 aromatic heterocycles. The van der Waals surface area contributed by atoms with Crippen molar-refractivity contribution in [3.05, 3.63) is 30.1 Å². The first-order valence-corrected chi connectivity index (χ1v) is 7.29. The molecule has 108 valence electrons. The number of Topliss-reactive ketones (excluding diaryl/α,β-unsaturated/α-hetero) is 1. The molecule has 0 aliphatic rings. The van der Waals surface area contributed by atoms with E-state index in [1.54, 1.807) is 0 Å². The number of hydrogen-bond donors (Lipinski definition) is 0. The highest BCUT2D eigenvalue weighted by Crippen LogP contribution is 2.17. The predicted molar refractivity (Wildman–Crippen MR) is 79.8 cm³/mol. The zero-order valence-electron chi connectivity index (χ0n) is 12.3. The molecule has 2 rings (SSSR count). The lowest BCUT2D eigenvalue weighted by molar-refractivity contribution is -0.123. The fraction of sp³-hybridized carbons (Fsp3) is 0.500. The number of rotatable bonds is 8. The number of carbonyl (C=O) groups excluding carboxylic acids is 1. The maximum Gasteiger partial charge on any atom is 0.165 e. The summed E-state index contributed by atoms with van der Waals surface area (Å²) in [5, 5.41) is 0. The number of aryl methyl sites for hydroxylation is 1. The molecule has 0 bridgehead atoms. The number of hydrogen-bond acceptors (Lipinski definition) is 3. The van der Waals surface area contributed by atoms with Gasteiger partial charge in [-0.15, -0.1) is 0 Å². The van der Waals surface area contributed by atoms with E-state index in [0.29, 0.717) is 13.0 Å². The minimum absolute atomic E-state index is 0.0890. The molecule has 4 nitrogen and oxygen atoms in total. The fourth-order valence-corrected chi connectivity index (χ4v) is 2.29. The van der Waals surface area contributed by atoms with Gasteiger partial charge in [0.2, 0.25) is 0 Å². The average molecular weight is 274 g/mol. The molecular weight excluding hydrogens is 252 g/mol. The van der Waals surface area contributed by atoms with Gasteiger partial charge >= 0.3 is 0 Å². The van der Waals surface area contributed by atoms with Gasteiger partial charge in [-0.2, -0.15) is 0 Å². The molecule has 0 saturated heterocycles. The van der Waals surface area contributed by atoms with E-state index in [0.717, 1.165) is 36.2 Å². The van der Waals surface area contributed by atoms with Crippen LogP contribution in [0.25, 0.3) is 11.0 Å². The van der Waals surface area contributed by atoms with Crippen LogP contribution in [-0.2, 0) is 22.5 Å². The van der Waals surface area contributed by atoms with Crippen LogP contribution >= 0.6 is 0 Å². The monoisotopic (exact) mass is 274 g/mol. The maximum atomic E-state index is 11.9. The van der Waals surface area contributed by atoms with Crippen LogP contribution in [0.4, 0.5) is 0 Å². The third kappa shape index (κ3) is 3.45. The van der Waals surface area contributed by atoms with Gasteiger partial charge in [0.15, 0.2) is 5.78 Å². The van der Waals surface area contributed by atoms with E-state index in [2.05, 4.69) is 22.5 Å². The standard InChI is InChI=1S/C16H22N2O2/c1-3-9-18-15-8-6-5-7-14(15)17-16(18)11-13(19)12-20-10-4-2/h5-8H,3-4,9-12H2,1-2H3. The van der Waals surface area contributed by atoms with Crippen molar-refractivity contribution in [1.29, 1.82) is 0 Å². The Kier molecular flexibility index (Phi) is 5.30. The SMILES string of the molecule is CCCOCC(=O)Cc1nc2ccccc2n1CCC. The molecule has 0 amide bonds. The number of ketones is 1. The lowest BCUT2D eigenvalue weighted by Gasteiger charge is -2.07. The van der Waals surface area contributed by atoms with Crippen molar-refractivity contribution in [2.24, 2.45) is 0 Å². The average Bonchev–Trinajstić information content (AvgIpc) is 2.78. The molecule has 0 aliphatic carbocycles. The number of benzene rings is 1. The topological polar surface area (TPSA) is 44.1 Å². The number of para-hydroxylation sites is 2. The Labute approximate surface area is 119 Å². The molecule has 2 aromatic rings. The zero-order chi connectivity index (χ0) is 14.4. The number of aromatic nitrogens is 2. The Hall–Kier alpha value is -1.68. The summed E-state index contributed by atoms with van der Waals surface area (Å²) < 4.78 is 7.45. The lowest BCUT2D eigenvalue weighted by Crippen LogP contribution is -2.15. The van der Waals surface area contributed by atoms with Gasteiger partial charge in [-0.1, -0.05) is 26.0 Å². The first-order valence-electron chi connectivity index (χ1n) is 7.29. The predicted octanol–water partition coefficient (Wildman–Crippen LogP) is 2.98. The first-order chi connectivity index (χ1) is 9.76. The van der Waals surface area contributed by atoms with Crippen LogP contribution in [0.2, 0.25) is 0 Å². The Morgan fingerprint density at radius 3 is 2.80 bits per heavy atom. The molecule has 0 unspecified atom stereocenters. The van der Waals surface area contributed by atoms with Crippen LogP contribution in [0.3, 0.4) is 0 Å². The molecule has 1 heterocycles. The fourth-order valence-electron chi connectivity index (χ4n) is 2.29. The van der Waals surface area contributed by atoms with Gasteiger partial charge in [-0.05, 0) is 25.0 Å². The highest BCUT2D eigenvalue weighted by atomic mass is 16.5. The van der Waals surface area contributed by atoms with Crippen molar-refractivity contribution in [3.63, 3.8) is 0 Å². The van der Waals surface area contributed by atoms with E-state index in [1.807, 2.05) is 25.1 Å². The van der Waals surface area contributed by atoms with Gasteiger partial charge in [0, 0.05) is 13.2 Å². The molecule has 0 radical (unpaired) electrons. The summed E-state index contributed by atoms with van der Waals surface area (Å²) in [5.41, 5.74) is 2.06. The van der Waals surface area contributed by atoms with Crippen LogP contribution in [0.1, 0.15) is 32.5 Å². The summed E-state index contributed by atoms with van der Waals surface area (Å²) >= 11 is 0. The Morgan fingerprint density at radius 1 is 1.25 bits per heavy atom. The van der Waals surface area contributed by atoms with Crippen molar-refractivity contribution in [2.75, 3.05) is 13.2 Å². The Morgan fingerprint density at radius 2 is 2.05 bits per heavy atom. The van der Waals surface area contributed by atoms with E-state index < -0.39 is 0 Å². The molecular formula is C16H22N2O2. The molecule has 0 fully saturated rings. The minimum atomic E-state index is 0.0890. The van der Waals surface area contributed by atoms with Gasteiger partial charge in [0.1, 0.15) is 12.4 Å². The Balaban J connectivity index is 2.16. The second kappa shape index (κ2) is 7.20. The summed E-state index contributed by atoms with van der Waals surface area (Å²) in [5.74, 6) is 0.934. The number of carbonyl (C=O) groups is 1. The molecule has 0 atom stereocenters. The molecule has 0 spiro atoms. The summed E-state index contributed by atoms with van der Waals surface area (Å²) in [6.45, 7) is 5.87. The quantitative estimate of drug-likeness (QED) is 0.695. The van der Waals surface area contributed by atoms with E-state index in [1.165, 1.54) is 0 Å². The largest absolute Gasteiger partial charge is 0.374 e. The van der Waals surface area contributed by atoms with Crippen LogP contribution in [-0.4, -0.2) is 28.5 Å². The smallest absolute Gasteiger partial charge is 0.165 e. The van der Waals surface area contributed by atoms with Crippen molar-refractivity contribution in [1.82, 2.24) is 9.55 Å². The van der Waals surface area contributed by atoms with Crippen LogP contribution < -0.4 is 0 Å². The van der Waals surface area contributed by atoms with E-state index in [4.69, 9.17) is 4.74 Å². The molecule has 0 aliphatic heterocycles. The van der Waals surface area contributed by atoms with Gasteiger partial charge in [0.25, 0.3) is 0 Å². The highest BCUT2D eigenvalue weighted by molar-refractivity contribution is 5.83. The summed E-state index contributed by atoms with van der Waals surface area (Å²) in [7, 11) is 0. The molecule has 4 heteroatoms. The second-order valence-electron chi connectivity index (χ2n) is 4.94. The Bertz CT molecular complexity index is 575. The third-order valence-electron chi connectivity index (χ3n) is 3.15. The summed E-state index contributed by atoms with van der Waals surface area (Å²) in [6, 6.07) is 8.02. The number of fused-ring (bicyclic) bond motifs is 1. The van der Waals surface area contributed by atoms with E-state index >= 15 is 0 Å². The molecule has 20 heavy (non-hydrogen) atoms. The first kappa shape index (κ1) is 14.7. The van der Waals surface area contributed by atoms with Crippen LogP contribution in [0.5, 0.6) is 0 Å². The number of ether oxygens (including phenoxy) is 1. The van der Waals surface area contributed by atoms with Crippen molar-refractivity contribution < 1.29 is 9.53 Å². The molecule has 1 aromatic carbocycles. The van der Waals surface area contributed by atoms with Crippen LogP contribution in [0.15, 0.2) is 24.3 Å². The van der Waals surface area contributed by atoms with Crippen LogP contribution in [0, 0.1) is 0 Å². The van der Waals surface area contributed by atoms with Crippen molar-refractivity contribution in [2.45, 2.75) is 39.7 Å². The zero-order valence-corrected chi connectivity index (χ0v) is 12.3. The molecule has 0 N–H and O–H groups in total. The van der Waals surface area contributed by atoms with Gasteiger partial charge in [0.05, 0.1) is 17.5 Å². The normalized spacial score (nSPS) is 11.1. The van der Waals surface area contributed by atoms with Gasteiger partial charge < -0.3 is 9.30 Å². The van der Waals surface area contributed by atoms with E-state index in [-0.39, 0.29) is 12.4 Å². The van der Waals surface area contributed by atoms with Crippen molar-refractivity contribution >= 4 is 16.8 Å². The third-order valence-corrected chi connectivity index (χ3v) is 3.15. The number of nitrogens with zero attached hydrogens (tertiary/aromatic N) is 2. The van der Waals surface area contributed by atoms with Gasteiger partial charge in [-0.3, -0.25) is 4.79 Å². The second-order valence-corrected chi connectivity index (χ2v) is 4.94. The summed E-state index contributed by atoms with van der Waals surface area (Å²) in [4.78, 5) is 16.5. The summed E-state index contributed by atoms with van der Waals surface area (Å²) in [6.07, 6.45) is 2.30. The van der Waals surface area contributed by atoms with Gasteiger partial charge in [-0.25, -0.2) is 4.98 Å². The minimum Gasteiger partial charge on any atom is -0.374 e. The highest BCUT2D eigenvalue weighted by Gasteiger charge is 2.13. The van der Waals surface area contributed by atoms with E-state index in [9.17, 15) is 4.79 Å².